The van der Waals surface area contributed by atoms with E-state index in [9.17, 15) is 9.59 Å². The first-order valence-corrected chi connectivity index (χ1v) is 3.48. The van der Waals surface area contributed by atoms with Gasteiger partial charge in [0.15, 0.2) is 6.73 Å². The molecule has 0 aromatic carbocycles. The van der Waals surface area contributed by atoms with Crippen molar-refractivity contribution < 1.29 is 19.1 Å². The monoisotopic (exact) mass is 175 g/mol. The molecular weight excluding hydrogens is 162 g/mol. The van der Waals surface area contributed by atoms with E-state index in [4.69, 9.17) is 4.74 Å². The summed E-state index contributed by atoms with van der Waals surface area (Å²) in [6.07, 6.45) is -0.607. The van der Waals surface area contributed by atoms with Crippen molar-refractivity contribution in [2.75, 3.05) is 6.73 Å². The Kier molecular flexibility index (Phi) is 4.10. The van der Waals surface area contributed by atoms with E-state index in [1.54, 1.807) is 20.8 Å². The lowest BCUT2D eigenvalue weighted by Gasteiger charge is -2.19. The van der Waals surface area contributed by atoms with Crippen LogP contribution in [0.15, 0.2) is 0 Å². The van der Waals surface area contributed by atoms with Gasteiger partial charge in [-0.1, -0.05) is 0 Å². The first kappa shape index (κ1) is 10.7. The second-order valence-corrected chi connectivity index (χ2v) is 3.09. The minimum absolute atomic E-state index is 0.168. The first-order chi connectivity index (χ1) is 5.45. The highest BCUT2D eigenvalue weighted by atomic mass is 16.6. The molecule has 0 unspecified atom stereocenters. The Balaban J connectivity index is 3.53. The molecule has 70 valence electrons. The molecule has 0 aromatic heterocycles. The summed E-state index contributed by atoms with van der Waals surface area (Å²) in [5.74, 6) is 0. The second kappa shape index (κ2) is 4.58. The third-order valence-electron chi connectivity index (χ3n) is 0.767. The quantitative estimate of drug-likeness (QED) is 0.388. The van der Waals surface area contributed by atoms with Crippen LogP contribution in [0.2, 0.25) is 0 Å². The average molecular weight is 175 g/mol. The zero-order chi connectivity index (χ0) is 9.61. The summed E-state index contributed by atoms with van der Waals surface area (Å²) < 4.78 is 9.06. The number of carbonyl (C=O) groups is 2. The molecule has 5 heteroatoms. The number of hydrogen-bond acceptors (Lipinski definition) is 4. The molecule has 0 aromatic rings. The van der Waals surface area contributed by atoms with E-state index < -0.39 is 11.7 Å². The molecule has 0 aliphatic rings. The summed E-state index contributed by atoms with van der Waals surface area (Å²) in [6, 6.07) is 0. The number of amides is 1. The molecule has 0 saturated heterocycles. The van der Waals surface area contributed by atoms with E-state index in [0.717, 1.165) is 0 Å². The molecule has 0 fully saturated rings. The molecule has 0 saturated carbocycles. The van der Waals surface area contributed by atoms with E-state index in [2.05, 4.69) is 10.1 Å². The molecule has 0 aliphatic heterocycles. The van der Waals surface area contributed by atoms with Gasteiger partial charge in [-0.05, 0) is 20.8 Å². The largest absolute Gasteiger partial charge is 0.446 e. The van der Waals surface area contributed by atoms with Gasteiger partial charge in [0.05, 0.1) is 0 Å². The lowest BCUT2D eigenvalue weighted by molar-refractivity contribution is -0.129. The van der Waals surface area contributed by atoms with Crippen molar-refractivity contribution in [3.05, 3.63) is 0 Å². The van der Waals surface area contributed by atoms with Crippen molar-refractivity contribution in [2.45, 2.75) is 26.4 Å². The van der Waals surface area contributed by atoms with Crippen molar-refractivity contribution in [3.8, 4) is 0 Å². The number of hydrogen-bond donors (Lipinski definition) is 1. The second-order valence-electron chi connectivity index (χ2n) is 3.09. The lowest BCUT2D eigenvalue weighted by Crippen LogP contribution is -2.33. The van der Waals surface area contributed by atoms with Crippen LogP contribution in [0.4, 0.5) is 4.79 Å². The van der Waals surface area contributed by atoms with Crippen molar-refractivity contribution >= 4 is 12.6 Å². The van der Waals surface area contributed by atoms with Crippen LogP contribution < -0.4 is 5.32 Å². The number of nitrogens with one attached hydrogen (secondary N) is 1. The molecule has 0 heterocycles. The number of ether oxygens (including phenoxy) is 2. The molecule has 0 spiro atoms. The highest BCUT2D eigenvalue weighted by Crippen LogP contribution is 2.05. The minimum atomic E-state index is -0.607. The van der Waals surface area contributed by atoms with Gasteiger partial charge < -0.3 is 9.47 Å². The third-order valence-corrected chi connectivity index (χ3v) is 0.767. The Morgan fingerprint density at radius 2 is 2.08 bits per heavy atom. The maximum atomic E-state index is 10.8. The highest BCUT2D eigenvalue weighted by molar-refractivity contribution is 5.67. The number of carbonyl (C=O) groups excluding carboxylic acids is 2. The van der Waals surface area contributed by atoms with Crippen LogP contribution in [0, 0.1) is 0 Å². The third kappa shape index (κ3) is 6.85. The summed E-state index contributed by atoms with van der Waals surface area (Å²) in [4.78, 5) is 20.5. The maximum Gasteiger partial charge on any atom is 0.410 e. The van der Waals surface area contributed by atoms with Gasteiger partial charge in [0.25, 0.3) is 6.47 Å². The molecule has 0 bridgehead atoms. The van der Waals surface area contributed by atoms with Crippen LogP contribution in [0.5, 0.6) is 0 Å². The van der Waals surface area contributed by atoms with Crippen molar-refractivity contribution in [3.63, 3.8) is 0 Å². The molecule has 5 nitrogen and oxygen atoms in total. The van der Waals surface area contributed by atoms with Crippen LogP contribution in [0.1, 0.15) is 20.8 Å². The first-order valence-electron chi connectivity index (χ1n) is 3.48. The maximum absolute atomic E-state index is 10.8. The smallest absolute Gasteiger partial charge is 0.410 e. The van der Waals surface area contributed by atoms with Gasteiger partial charge in [0, 0.05) is 0 Å². The molecule has 12 heavy (non-hydrogen) atoms. The number of alkyl carbamates (subject to hydrolysis) is 1. The van der Waals surface area contributed by atoms with Crippen LogP contribution in [-0.2, 0) is 14.3 Å². The fraction of sp³-hybridized carbons (Fsp3) is 0.714. The Labute approximate surface area is 71.0 Å². The molecule has 0 rings (SSSR count). The molecule has 0 atom stereocenters. The van der Waals surface area contributed by atoms with Gasteiger partial charge in [-0.25, -0.2) is 4.79 Å². The summed E-state index contributed by atoms with van der Waals surface area (Å²) in [6.45, 7) is 5.31. The lowest BCUT2D eigenvalue weighted by atomic mass is 10.2. The Bertz CT molecular complexity index is 161. The van der Waals surface area contributed by atoms with E-state index in [-0.39, 0.29) is 13.2 Å². The predicted octanol–water partition coefficient (Wildman–Crippen LogP) is 0.642. The van der Waals surface area contributed by atoms with E-state index in [1.807, 2.05) is 0 Å². The van der Waals surface area contributed by atoms with Crippen LogP contribution in [0.25, 0.3) is 0 Å². The summed E-state index contributed by atoms with van der Waals surface area (Å²) in [5.41, 5.74) is -0.536. The van der Waals surface area contributed by atoms with E-state index in [0.29, 0.717) is 0 Å². The van der Waals surface area contributed by atoms with Gasteiger partial charge in [-0.3, -0.25) is 10.1 Å². The Morgan fingerprint density at radius 1 is 1.50 bits per heavy atom. The molecular formula is C7H13NO4. The summed E-state index contributed by atoms with van der Waals surface area (Å²) in [7, 11) is 0. The standard InChI is InChI=1S/C7H13NO4/c1-7(2,3)12-6(10)8-4-11-5-9/h5H,4H2,1-3H3,(H,8,10). The molecule has 0 aliphatic carbocycles. The molecule has 1 amide bonds. The van der Waals surface area contributed by atoms with Crippen molar-refractivity contribution in [2.24, 2.45) is 0 Å². The fourth-order valence-electron chi connectivity index (χ4n) is 0.449. The Hall–Kier alpha value is -1.26. The Morgan fingerprint density at radius 3 is 2.50 bits per heavy atom. The topological polar surface area (TPSA) is 64.6 Å². The van der Waals surface area contributed by atoms with Gasteiger partial charge in [0.1, 0.15) is 5.60 Å². The zero-order valence-corrected chi connectivity index (χ0v) is 7.42. The van der Waals surface area contributed by atoms with Crippen LogP contribution in [-0.4, -0.2) is 24.9 Å². The number of rotatable bonds is 3. The molecule has 1 N–H and O–H groups in total. The van der Waals surface area contributed by atoms with E-state index >= 15 is 0 Å². The van der Waals surface area contributed by atoms with Crippen LogP contribution >= 0.6 is 0 Å². The molecule has 0 radical (unpaired) electrons. The van der Waals surface area contributed by atoms with Crippen LogP contribution in [0.3, 0.4) is 0 Å². The van der Waals surface area contributed by atoms with E-state index in [1.165, 1.54) is 0 Å². The minimum Gasteiger partial charge on any atom is -0.446 e. The zero-order valence-electron chi connectivity index (χ0n) is 7.42. The summed E-state index contributed by atoms with van der Waals surface area (Å²) in [5, 5.41) is 2.23. The normalized spacial score (nSPS) is 10.2. The fourth-order valence-corrected chi connectivity index (χ4v) is 0.449. The highest BCUT2D eigenvalue weighted by Gasteiger charge is 2.15. The summed E-state index contributed by atoms with van der Waals surface area (Å²) >= 11 is 0. The van der Waals surface area contributed by atoms with Gasteiger partial charge in [-0.15, -0.1) is 0 Å². The SMILES string of the molecule is CC(C)(C)OC(=O)NCOC=O. The van der Waals surface area contributed by atoms with Crippen molar-refractivity contribution in [1.82, 2.24) is 5.32 Å². The predicted molar refractivity (Wildman–Crippen MR) is 41.4 cm³/mol. The van der Waals surface area contributed by atoms with Gasteiger partial charge in [-0.2, -0.15) is 0 Å². The average Bonchev–Trinajstić information content (AvgIpc) is 1.84. The van der Waals surface area contributed by atoms with Gasteiger partial charge in [0.2, 0.25) is 0 Å². The van der Waals surface area contributed by atoms with Gasteiger partial charge >= 0.3 is 6.09 Å². The van der Waals surface area contributed by atoms with Crippen molar-refractivity contribution in [1.29, 1.82) is 0 Å².